The quantitative estimate of drug-likeness (QED) is 0.921. The molecule has 0 saturated heterocycles. The summed E-state index contributed by atoms with van der Waals surface area (Å²) in [5.41, 5.74) is 2.03. The molecule has 5 heteroatoms. The van der Waals surface area contributed by atoms with Crippen LogP contribution in [0.3, 0.4) is 0 Å². The molecule has 0 saturated carbocycles. The molecule has 2 rings (SSSR count). The van der Waals surface area contributed by atoms with Crippen LogP contribution in [0.1, 0.15) is 37.2 Å². The Kier molecular flexibility index (Phi) is 4.50. The van der Waals surface area contributed by atoms with Crippen molar-refractivity contribution in [2.24, 2.45) is 0 Å². The van der Waals surface area contributed by atoms with E-state index in [0.717, 1.165) is 11.3 Å². The Hall–Kier alpha value is -1.03. The molecule has 1 unspecified atom stereocenters. The monoisotopic (exact) mass is 297 g/mol. The number of nitrogens with one attached hydrogen (secondary N) is 1. The Morgan fingerprint density at radius 1 is 1.26 bits per heavy atom. The molecule has 0 amide bonds. The van der Waals surface area contributed by atoms with E-state index in [2.05, 4.69) is 24.3 Å². The second-order valence-corrected chi connectivity index (χ2v) is 5.54. The highest BCUT2D eigenvalue weighted by atomic mass is 35.5. The lowest BCUT2D eigenvalue weighted by molar-refractivity contribution is 0.484. The van der Waals surface area contributed by atoms with E-state index in [4.69, 9.17) is 23.2 Å². The van der Waals surface area contributed by atoms with Gasteiger partial charge in [-0.25, -0.2) is 0 Å². The number of benzene rings is 1. The Labute approximate surface area is 123 Å². The molecule has 1 heterocycles. The summed E-state index contributed by atoms with van der Waals surface area (Å²) >= 11 is 12.4. The van der Waals surface area contributed by atoms with Crippen LogP contribution in [0.5, 0.6) is 0 Å². The van der Waals surface area contributed by atoms with Crippen molar-refractivity contribution in [1.29, 1.82) is 0 Å². The molecular formula is C14H17Cl2N3. The maximum atomic E-state index is 6.30. The first-order valence-electron chi connectivity index (χ1n) is 6.20. The van der Waals surface area contributed by atoms with E-state index in [0.29, 0.717) is 10.0 Å². The van der Waals surface area contributed by atoms with Crippen LogP contribution in [-0.4, -0.2) is 16.8 Å². The summed E-state index contributed by atoms with van der Waals surface area (Å²) in [7, 11) is 1.90. The number of hydrogen-bond acceptors (Lipinski definition) is 2. The summed E-state index contributed by atoms with van der Waals surface area (Å²) in [6.07, 6.45) is 1.69. The zero-order chi connectivity index (χ0) is 14.0. The second kappa shape index (κ2) is 5.95. The van der Waals surface area contributed by atoms with E-state index in [1.807, 2.05) is 36.0 Å². The fourth-order valence-corrected chi connectivity index (χ4v) is 2.62. The Morgan fingerprint density at radius 3 is 2.58 bits per heavy atom. The standard InChI is InChI=1S/C14H17Cl2N3/c1-9(2)19-14(12(16)8-18-19)13(17-3)10-5-4-6-11(15)7-10/h4-9,13,17H,1-3H3. The first kappa shape index (κ1) is 14.4. The van der Waals surface area contributed by atoms with Crippen molar-refractivity contribution >= 4 is 23.2 Å². The molecule has 19 heavy (non-hydrogen) atoms. The van der Waals surface area contributed by atoms with Crippen molar-refractivity contribution in [3.8, 4) is 0 Å². The number of hydrogen-bond donors (Lipinski definition) is 1. The first-order valence-corrected chi connectivity index (χ1v) is 6.95. The average molecular weight is 298 g/mol. The first-order chi connectivity index (χ1) is 9.04. The smallest absolute Gasteiger partial charge is 0.0837 e. The minimum atomic E-state index is -0.0314. The Morgan fingerprint density at radius 2 is 2.00 bits per heavy atom. The van der Waals surface area contributed by atoms with Crippen molar-refractivity contribution in [3.05, 3.63) is 51.8 Å². The lowest BCUT2D eigenvalue weighted by Crippen LogP contribution is -2.22. The molecule has 0 aliphatic carbocycles. The van der Waals surface area contributed by atoms with Gasteiger partial charge in [0.25, 0.3) is 0 Å². The van der Waals surface area contributed by atoms with Gasteiger partial charge in [0.2, 0.25) is 0 Å². The van der Waals surface area contributed by atoms with E-state index < -0.39 is 0 Å². The van der Waals surface area contributed by atoms with Gasteiger partial charge in [-0.15, -0.1) is 0 Å². The highest BCUT2D eigenvalue weighted by Crippen LogP contribution is 2.30. The van der Waals surface area contributed by atoms with Gasteiger partial charge in [0, 0.05) is 11.1 Å². The van der Waals surface area contributed by atoms with E-state index in [1.165, 1.54) is 0 Å². The molecule has 1 atom stereocenters. The van der Waals surface area contributed by atoms with Gasteiger partial charge in [0.15, 0.2) is 0 Å². The lowest BCUT2D eigenvalue weighted by Gasteiger charge is -2.21. The van der Waals surface area contributed by atoms with Crippen LogP contribution in [0.2, 0.25) is 10.0 Å². The second-order valence-electron chi connectivity index (χ2n) is 4.69. The number of rotatable bonds is 4. The molecule has 0 bridgehead atoms. The zero-order valence-electron chi connectivity index (χ0n) is 11.2. The molecule has 1 aromatic heterocycles. The fraction of sp³-hybridized carbons (Fsp3) is 0.357. The van der Waals surface area contributed by atoms with Crippen LogP contribution in [0.15, 0.2) is 30.5 Å². The molecule has 2 aromatic rings. The van der Waals surface area contributed by atoms with Crippen LogP contribution >= 0.6 is 23.2 Å². The minimum absolute atomic E-state index is 0.0314. The number of nitrogens with zero attached hydrogens (tertiary/aromatic N) is 2. The molecule has 1 aromatic carbocycles. The van der Waals surface area contributed by atoms with Gasteiger partial charge < -0.3 is 5.32 Å². The van der Waals surface area contributed by atoms with Gasteiger partial charge in [0.05, 0.1) is 23.0 Å². The summed E-state index contributed by atoms with van der Waals surface area (Å²) in [5.74, 6) is 0. The van der Waals surface area contributed by atoms with E-state index in [9.17, 15) is 0 Å². The molecule has 0 fully saturated rings. The van der Waals surface area contributed by atoms with Crippen molar-refractivity contribution in [3.63, 3.8) is 0 Å². The Balaban J connectivity index is 2.51. The van der Waals surface area contributed by atoms with Crippen molar-refractivity contribution in [1.82, 2.24) is 15.1 Å². The van der Waals surface area contributed by atoms with Crippen LogP contribution in [-0.2, 0) is 0 Å². The van der Waals surface area contributed by atoms with Gasteiger partial charge in [-0.2, -0.15) is 5.10 Å². The predicted octanol–water partition coefficient (Wildman–Crippen LogP) is 4.08. The highest BCUT2D eigenvalue weighted by molar-refractivity contribution is 6.31. The number of halogens is 2. The third kappa shape index (κ3) is 2.94. The number of aromatic nitrogens is 2. The van der Waals surface area contributed by atoms with Gasteiger partial charge in [-0.3, -0.25) is 4.68 Å². The van der Waals surface area contributed by atoms with Crippen molar-refractivity contribution < 1.29 is 0 Å². The van der Waals surface area contributed by atoms with E-state index >= 15 is 0 Å². The van der Waals surface area contributed by atoms with Gasteiger partial charge in [-0.05, 0) is 38.6 Å². The lowest BCUT2D eigenvalue weighted by atomic mass is 10.0. The third-order valence-corrected chi connectivity index (χ3v) is 3.55. The van der Waals surface area contributed by atoms with E-state index in [-0.39, 0.29) is 12.1 Å². The molecule has 0 aliphatic heterocycles. The summed E-state index contributed by atoms with van der Waals surface area (Å²) in [6, 6.07) is 7.98. The van der Waals surface area contributed by atoms with E-state index in [1.54, 1.807) is 6.20 Å². The maximum Gasteiger partial charge on any atom is 0.0837 e. The largest absolute Gasteiger partial charge is 0.308 e. The van der Waals surface area contributed by atoms with Crippen molar-refractivity contribution in [2.45, 2.75) is 25.9 Å². The topological polar surface area (TPSA) is 29.9 Å². The molecule has 0 radical (unpaired) electrons. The molecule has 1 N–H and O–H groups in total. The summed E-state index contributed by atoms with van der Waals surface area (Å²) in [4.78, 5) is 0. The minimum Gasteiger partial charge on any atom is -0.308 e. The molecular weight excluding hydrogens is 281 g/mol. The van der Waals surface area contributed by atoms with Crippen LogP contribution in [0, 0.1) is 0 Å². The molecule has 3 nitrogen and oxygen atoms in total. The van der Waals surface area contributed by atoms with Gasteiger partial charge in [-0.1, -0.05) is 35.3 Å². The average Bonchev–Trinajstić information content (AvgIpc) is 2.73. The molecule has 0 aliphatic rings. The summed E-state index contributed by atoms with van der Waals surface area (Å²) < 4.78 is 1.93. The molecule has 102 valence electrons. The van der Waals surface area contributed by atoms with Gasteiger partial charge >= 0.3 is 0 Å². The Bertz CT molecular complexity index is 564. The van der Waals surface area contributed by atoms with Crippen LogP contribution in [0.4, 0.5) is 0 Å². The SMILES string of the molecule is CNC(c1cccc(Cl)c1)c1c(Cl)cnn1C(C)C. The predicted molar refractivity (Wildman–Crippen MR) is 80.0 cm³/mol. The summed E-state index contributed by atoms with van der Waals surface area (Å²) in [5, 5.41) is 9.00. The third-order valence-electron chi connectivity index (χ3n) is 3.02. The highest BCUT2D eigenvalue weighted by Gasteiger charge is 2.22. The van der Waals surface area contributed by atoms with Crippen molar-refractivity contribution in [2.75, 3.05) is 7.05 Å². The van der Waals surface area contributed by atoms with Crippen LogP contribution < -0.4 is 5.32 Å². The normalized spacial score (nSPS) is 12.9. The maximum absolute atomic E-state index is 6.30. The fourth-order valence-electron chi connectivity index (χ4n) is 2.18. The molecule has 0 spiro atoms. The van der Waals surface area contributed by atoms with Crippen LogP contribution in [0.25, 0.3) is 0 Å². The van der Waals surface area contributed by atoms with Gasteiger partial charge in [0.1, 0.15) is 0 Å². The summed E-state index contributed by atoms with van der Waals surface area (Å²) in [6.45, 7) is 4.16. The zero-order valence-corrected chi connectivity index (χ0v) is 12.7.